The van der Waals surface area contributed by atoms with Crippen molar-refractivity contribution in [3.8, 4) is 0 Å². The zero-order valence-corrected chi connectivity index (χ0v) is 17.7. The van der Waals surface area contributed by atoms with Crippen LogP contribution in [0.1, 0.15) is 34.5 Å². The number of rotatable bonds is 5. The highest BCUT2D eigenvalue weighted by Crippen LogP contribution is 2.32. The van der Waals surface area contributed by atoms with E-state index in [0.717, 1.165) is 17.0 Å². The molecule has 4 nitrogen and oxygen atoms in total. The van der Waals surface area contributed by atoms with Crippen molar-refractivity contribution >= 4 is 40.9 Å². The van der Waals surface area contributed by atoms with Crippen LogP contribution in [0.3, 0.4) is 0 Å². The topological polar surface area (TPSA) is 54.9 Å². The van der Waals surface area contributed by atoms with E-state index < -0.39 is 23.7 Å². The Morgan fingerprint density at radius 1 is 1.07 bits per heavy atom. The molecule has 0 spiro atoms. The molecular weight excluding hydrogens is 458 g/mol. The quantitative estimate of drug-likeness (QED) is 0.464. The number of carbonyl (C=O) groups excluding carboxylic acids is 1. The van der Waals surface area contributed by atoms with Crippen molar-refractivity contribution in [3.63, 3.8) is 0 Å². The summed E-state index contributed by atoms with van der Waals surface area (Å²) < 4.78 is 38.9. The van der Waals surface area contributed by atoms with E-state index in [1.165, 1.54) is 30.0 Å². The highest BCUT2D eigenvalue weighted by Gasteiger charge is 2.31. The molecule has 0 aliphatic rings. The Morgan fingerprint density at radius 2 is 1.77 bits per heavy atom. The fraction of sp³-hybridized carbons (Fsp3) is 0.150. The van der Waals surface area contributed by atoms with Crippen molar-refractivity contribution in [3.05, 3.63) is 81.5 Å². The van der Waals surface area contributed by atoms with Gasteiger partial charge in [0.05, 0.1) is 17.2 Å². The zero-order chi connectivity index (χ0) is 21.9. The zero-order valence-electron chi connectivity index (χ0n) is 15.4. The normalized spacial score (nSPS) is 12.5. The highest BCUT2D eigenvalue weighted by atomic mass is 35.5. The molecule has 1 N–H and O–H groups in total. The lowest BCUT2D eigenvalue weighted by Crippen LogP contribution is -2.27. The number of nitrogens with one attached hydrogen (secondary N) is 1. The van der Waals surface area contributed by atoms with Gasteiger partial charge in [-0.25, -0.2) is 0 Å². The molecule has 0 aliphatic heterocycles. The summed E-state index contributed by atoms with van der Waals surface area (Å²) >= 11 is 13.0. The molecule has 1 aromatic heterocycles. The van der Waals surface area contributed by atoms with Gasteiger partial charge >= 0.3 is 6.18 Å². The standard InChI is InChI=1S/C20H14Cl2F3N3OS/c1-11(12-3-2-4-13(9-12)20(23,24)25)26-18(29)16-10-17(22)27-28-19(16)30-15-7-5-14(21)6-8-15/h2-11H,1H3,(H,26,29). The molecule has 1 unspecified atom stereocenters. The van der Waals surface area contributed by atoms with Crippen molar-refractivity contribution < 1.29 is 18.0 Å². The summed E-state index contributed by atoms with van der Waals surface area (Å²) in [6.07, 6.45) is -4.47. The number of hydrogen-bond acceptors (Lipinski definition) is 4. The third-order valence-corrected chi connectivity index (χ3v) is 5.50. The molecule has 3 aromatic rings. The second-order valence-corrected chi connectivity index (χ2v) is 8.15. The third kappa shape index (κ3) is 5.65. The molecular formula is C20H14Cl2F3N3OS. The molecule has 1 atom stereocenters. The Hall–Kier alpha value is -2.29. The summed E-state index contributed by atoms with van der Waals surface area (Å²) in [6, 6.07) is 12.4. The van der Waals surface area contributed by atoms with Crippen molar-refractivity contribution in [1.29, 1.82) is 0 Å². The minimum Gasteiger partial charge on any atom is -0.345 e. The molecule has 0 radical (unpaired) electrons. The molecule has 1 amide bonds. The van der Waals surface area contributed by atoms with Crippen LogP contribution in [-0.2, 0) is 6.18 Å². The van der Waals surface area contributed by atoms with Gasteiger partial charge in [0.15, 0.2) is 5.15 Å². The Bertz CT molecular complexity index is 1060. The molecule has 30 heavy (non-hydrogen) atoms. The van der Waals surface area contributed by atoms with Crippen molar-refractivity contribution in [2.45, 2.75) is 29.1 Å². The van der Waals surface area contributed by atoms with E-state index in [1.807, 2.05) is 0 Å². The first kappa shape index (κ1) is 22.4. The van der Waals surface area contributed by atoms with Crippen LogP contribution in [0, 0.1) is 0 Å². The fourth-order valence-corrected chi connectivity index (χ4v) is 3.66. The smallest absolute Gasteiger partial charge is 0.345 e. The van der Waals surface area contributed by atoms with E-state index in [2.05, 4.69) is 15.5 Å². The lowest BCUT2D eigenvalue weighted by atomic mass is 10.0. The number of halogens is 5. The number of benzene rings is 2. The van der Waals surface area contributed by atoms with Crippen LogP contribution in [-0.4, -0.2) is 16.1 Å². The van der Waals surface area contributed by atoms with E-state index in [4.69, 9.17) is 23.2 Å². The summed E-state index contributed by atoms with van der Waals surface area (Å²) in [5.41, 5.74) is -0.305. The third-order valence-electron chi connectivity index (χ3n) is 4.06. The van der Waals surface area contributed by atoms with Crippen LogP contribution in [0.4, 0.5) is 13.2 Å². The molecule has 0 saturated heterocycles. The van der Waals surface area contributed by atoms with Gasteiger partial charge in [0.1, 0.15) is 5.03 Å². The van der Waals surface area contributed by atoms with Crippen molar-refractivity contribution in [2.75, 3.05) is 0 Å². The van der Waals surface area contributed by atoms with Gasteiger partial charge in [0.2, 0.25) is 0 Å². The SMILES string of the molecule is CC(NC(=O)c1cc(Cl)nnc1Sc1ccc(Cl)cc1)c1cccc(C(F)(F)F)c1. The second-order valence-electron chi connectivity index (χ2n) is 6.26. The van der Waals surface area contributed by atoms with Gasteiger partial charge < -0.3 is 5.32 Å². The number of hydrogen-bond donors (Lipinski definition) is 1. The first-order valence-corrected chi connectivity index (χ1v) is 10.2. The number of carbonyl (C=O) groups is 1. The first-order valence-electron chi connectivity index (χ1n) is 8.58. The number of nitrogens with zero attached hydrogens (tertiary/aromatic N) is 2. The maximum Gasteiger partial charge on any atom is 0.416 e. The van der Waals surface area contributed by atoms with Crippen LogP contribution < -0.4 is 5.32 Å². The average molecular weight is 472 g/mol. The lowest BCUT2D eigenvalue weighted by molar-refractivity contribution is -0.137. The molecule has 2 aromatic carbocycles. The summed E-state index contributed by atoms with van der Waals surface area (Å²) in [5, 5.41) is 11.3. The molecule has 1 heterocycles. The van der Waals surface area contributed by atoms with Crippen LogP contribution in [0.15, 0.2) is 64.5 Å². The van der Waals surface area contributed by atoms with E-state index >= 15 is 0 Å². The van der Waals surface area contributed by atoms with E-state index in [-0.39, 0.29) is 10.7 Å². The molecule has 0 saturated carbocycles. The van der Waals surface area contributed by atoms with E-state index in [0.29, 0.717) is 15.6 Å². The monoisotopic (exact) mass is 471 g/mol. The molecule has 156 valence electrons. The minimum absolute atomic E-state index is 0.0207. The van der Waals surface area contributed by atoms with Gasteiger partial charge in [-0.2, -0.15) is 13.2 Å². The van der Waals surface area contributed by atoms with Crippen LogP contribution in [0.25, 0.3) is 0 Å². The fourth-order valence-electron chi connectivity index (χ4n) is 2.55. The van der Waals surface area contributed by atoms with E-state index in [9.17, 15) is 18.0 Å². The first-order chi connectivity index (χ1) is 14.1. The molecule has 3 rings (SSSR count). The second kappa shape index (κ2) is 9.24. The number of aromatic nitrogens is 2. The maximum atomic E-state index is 13.0. The predicted molar refractivity (Wildman–Crippen MR) is 110 cm³/mol. The van der Waals surface area contributed by atoms with Crippen LogP contribution in [0.5, 0.6) is 0 Å². The summed E-state index contributed by atoms with van der Waals surface area (Å²) in [5.74, 6) is -0.534. The molecule has 0 bridgehead atoms. The largest absolute Gasteiger partial charge is 0.416 e. The van der Waals surface area contributed by atoms with Crippen LogP contribution >= 0.6 is 35.0 Å². The van der Waals surface area contributed by atoms with Gasteiger partial charge in [-0.1, -0.05) is 47.1 Å². The number of alkyl halides is 3. The van der Waals surface area contributed by atoms with Crippen molar-refractivity contribution in [1.82, 2.24) is 15.5 Å². The van der Waals surface area contributed by atoms with Gasteiger partial charge in [0, 0.05) is 9.92 Å². The Morgan fingerprint density at radius 3 is 2.43 bits per heavy atom. The Balaban J connectivity index is 1.82. The maximum absolute atomic E-state index is 13.0. The molecule has 0 fully saturated rings. The summed E-state index contributed by atoms with van der Waals surface area (Å²) in [6.45, 7) is 1.59. The highest BCUT2D eigenvalue weighted by molar-refractivity contribution is 7.99. The Labute approximate surface area is 184 Å². The van der Waals surface area contributed by atoms with Gasteiger partial charge in [-0.05, 0) is 55.0 Å². The molecule has 10 heteroatoms. The number of amides is 1. The average Bonchev–Trinajstić information content (AvgIpc) is 2.70. The minimum atomic E-state index is -4.47. The van der Waals surface area contributed by atoms with Crippen LogP contribution in [0.2, 0.25) is 10.2 Å². The van der Waals surface area contributed by atoms with Gasteiger partial charge in [0.25, 0.3) is 5.91 Å². The summed E-state index contributed by atoms with van der Waals surface area (Å²) in [4.78, 5) is 13.6. The van der Waals surface area contributed by atoms with Crippen molar-refractivity contribution in [2.24, 2.45) is 0 Å². The summed E-state index contributed by atoms with van der Waals surface area (Å²) in [7, 11) is 0. The van der Waals surface area contributed by atoms with E-state index in [1.54, 1.807) is 31.2 Å². The Kier molecular flexibility index (Phi) is 6.90. The lowest BCUT2D eigenvalue weighted by Gasteiger charge is -2.17. The predicted octanol–water partition coefficient (Wildman–Crippen LogP) is 6.44. The van der Waals surface area contributed by atoms with Gasteiger partial charge in [-0.15, -0.1) is 10.2 Å². The van der Waals surface area contributed by atoms with Gasteiger partial charge in [-0.3, -0.25) is 4.79 Å². The molecule has 0 aliphatic carbocycles.